The lowest BCUT2D eigenvalue weighted by Crippen LogP contribution is -2.24. The summed E-state index contributed by atoms with van der Waals surface area (Å²) in [5.74, 6) is 0.280. The first-order valence-corrected chi connectivity index (χ1v) is 15.3. The van der Waals surface area contributed by atoms with Crippen LogP contribution in [0.2, 0.25) is 0 Å². The van der Waals surface area contributed by atoms with Gasteiger partial charge >= 0.3 is 0 Å². The molecule has 0 bridgehead atoms. The Bertz CT molecular complexity index is 1300. The first kappa shape index (κ1) is 34.0. The van der Waals surface area contributed by atoms with E-state index in [1.165, 1.54) is 52.7 Å². The number of carbonyl (C=O) groups excluding carboxylic acids is 1. The number of rotatable bonds is 10. The first-order valence-electron chi connectivity index (χ1n) is 15.3. The SMILES string of the molecule is CC1=C(\C=C/C(C)=C/C=C/C(C)=C/C=C/C=C(C)/C=C/C=C(C)/C=C/C2=C(C)C(=O)CCC2(C)C)C(C)(C)CCC1. The molecule has 0 unspecified atom stereocenters. The zero-order valence-electron chi connectivity index (χ0n) is 27.5. The predicted octanol–water partition coefficient (Wildman–Crippen LogP) is 11.8. The Labute approximate surface area is 252 Å². The van der Waals surface area contributed by atoms with E-state index in [1.807, 2.05) is 6.92 Å². The van der Waals surface area contributed by atoms with Crippen molar-refractivity contribution in [2.45, 2.75) is 101 Å². The van der Waals surface area contributed by atoms with Crippen molar-refractivity contribution < 1.29 is 4.79 Å². The molecule has 0 saturated carbocycles. The summed E-state index contributed by atoms with van der Waals surface area (Å²) in [5, 5.41) is 0. The molecule has 0 aromatic heterocycles. The summed E-state index contributed by atoms with van der Waals surface area (Å²) < 4.78 is 0. The van der Waals surface area contributed by atoms with Crippen LogP contribution in [0.15, 0.2) is 130 Å². The summed E-state index contributed by atoms with van der Waals surface area (Å²) in [6, 6.07) is 0. The van der Waals surface area contributed by atoms with Crippen LogP contribution in [0, 0.1) is 10.8 Å². The maximum Gasteiger partial charge on any atom is 0.158 e. The number of carbonyl (C=O) groups is 1. The molecule has 1 nitrogen and oxygen atoms in total. The van der Waals surface area contributed by atoms with Gasteiger partial charge in [0.25, 0.3) is 0 Å². The second-order valence-corrected chi connectivity index (χ2v) is 13.2. The Morgan fingerprint density at radius 2 is 1.02 bits per heavy atom. The number of ketones is 1. The summed E-state index contributed by atoms with van der Waals surface area (Å²) in [5.41, 5.74) is 10.3. The molecule has 0 radical (unpaired) electrons. The zero-order chi connectivity index (χ0) is 30.6. The fourth-order valence-electron chi connectivity index (χ4n) is 5.54. The number of hydrogen-bond donors (Lipinski definition) is 0. The molecule has 1 heteroatoms. The van der Waals surface area contributed by atoms with Crippen LogP contribution in [0.1, 0.15) is 101 Å². The Balaban J connectivity index is 1.91. The average Bonchev–Trinajstić information content (AvgIpc) is 2.88. The molecule has 2 aliphatic carbocycles. The van der Waals surface area contributed by atoms with Crippen molar-refractivity contribution in [3.63, 3.8) is 0 Å². The maximum atomic E-state index is 12.2. The van der Waals surface area contributed by atoms with Crippen molar-refractivity contribution in [3.8, 4) is 0 Å². The lowest BCUT2D eigenvalue weighted by Gasteiger charge is -2.32. The molecule has 0 atom stereocenters. The fraction of sp³-hybridized carbons (Fsp3) is 0.425. The molecule has 0 aromatic rings. The highest BCUT2D eigenvalue weighted by atomic mass is 16.1. The van der Waals surface area contributed by atoms with Gasteiger partial charge in [-0.25, -0.2) is 0 Å². The lowest BCUT2D eigenvalue weighted by molar-refractivity contribution is -0.116. The molecule has 0 aliphatic heterocycles. The zero-order valence-corrected chi connectivity index (χ0v) is 27.5. The van der Waals surface area contributed by atoms with E-state index in [4.69, 9.17) is 0 Å². The largest absolute Gasteiger partial charge is 0.295 e. The predicted molar refractivity (Wildman–Crippen MR) is 182 cm³/mol. The molecule has 0 saturated heterocycles. The van der Waals surface area contributed by atoms with Gasteiger partial charge in [0.05, 0.1) is 0 Å². The normalized spacial score (nSPS) is 21.8. The van der Waals surface area contributed by atoms with Crippen LogP contribution in [0.5, 0.6) is 0 Å². The molecule has 2 rings (SSSR count). The van der Waals surface area contributed by atoms with Gasteiger partial charge in [-0.05, 0) is 94.8 Å². The molecular formula is C40H54O. The summed E-state index contributed by atoms with van der Waals surface area (Å²) >= 11 is 0. The summed E-state index contributed by atoms with van der Waals surface area (Å²) in [6.07, 6.45) is 35.4. The molecular weight excluding hydrogens is 496 g/mol. The number of hydrogen-bond acceptors (Lipinski definition) is 1. The fourth-order valence-corrected chi connectivity index (χ4v) is 5.54. The molecule has 0 fully saturated rings. The van der Waals surface area contributed by atoms with E-state index in [1.54, 1.807) is 0 Å². The van der Waals surface area contributed by atoms with E-state index in [9.17, 15) is 4.79 Å². The minimum atomic E-state index is 0.0507. The van der Waals surface area contributed by atoms with Crippen LogP contribution in [0.4, 0.5) is 0 Å². The van der Waals surface area contributed by atoms with Gasteiger partial charge in [0.2, 0.25) is 0 Å². The van der Waals surface area contributed by atoms with Gasteiger partial charge in [-0.2, -0.15) is 0 Å². The van der Waals surface area contributed by atoms with Gasteiger partial charge in [-0.15, -0.1) is 0 Å². The van der Waals surface area contributed by atoms with Crippen molar-refractivity contribution >= 4 is 5.78 Å². The van der Waals surface area contributed by atoms with E-state index in [0.29, 0.717) is 6.42 Å². The van der Waals surface area contributed by atoms with Gasteiger partial charge in [0, 0.05) is 6.42 Å². The van der Waals surface area contributed by atoms with Gasteiger partial charge in [0.1, 0.15) is 0 Å². The Hall–Kier alpha value is -3.19. The third kappa shape index (κ3) is 11.3. The molecule has 0 N–H and O–H groups in total. The van der Waals surface area contributed by atoms with Crippen LogP contribution in [-0.2, 0) is 4.79 Å². The lowest BCUT2D eigenvalue weighted by atomic mass is 9.72. The summed E-state index contributed by atoms with van der Waals surface area (Å²) in [4.78, 5) is 12.2. The van der Waals surface area contributed by atoms with Crippen LogP contribution in [0.3, 0.4) is 0 Å². The third-order valence-corrected chi connectivity index (χ3v) is 8.36. The van der Waals surface area contributed by atoms with Gasteiger partial charge < -0.3 is 0 Å². The molecule has 0 spiro atoms. The number of allylic oxidation sites excluding steroid dienone is 22. The Morgan fingerprint density at radius 3 is 1.54 bits per heavy atom. The third-order valence-electron chi connectivity index (χ3n) is 8.36. The number of Topliss-reactive ketones (excluding diaryl/α,β-unsaturated/α-hetero) is 1. The van der Waals surface area contributed by atoms with E-state index >= 15 is 0 Å². The van der Waals surface area contributed by atoms with Crippen LogP contribution in [-0.4, -0.2) is 5.78 Å². The van der Waals surface area contributed by atoms with Gasteiger partial charge in [0.15, 0.2) is 5.78 Å². The highest BCUT2D eigenvalue weighted by molar-refractivity contribution is 5.97. The Morgan fingerprint density at radius 1 is 0.585 bits per heavy atom. The molecule has 0 aromatic carbocycles. The molecule has 2 aliphatic rings. The highest BCUT2D eigenvalue weighted by Crippen LogP contribution is 2.41. The monoisotopic (exact) mass is 550 g/mol. The van der Waals surface area contributed by atoms with Gasteiger partial charge in [-0.3, -0.25) is 4.79 Å². The minimum Gasteiger partial charge on any atom is -0.295 e. The van der Waals surface area contributed by atoms with Crippen molar-refractivity contribution in [1.82, 2.24) is 0 Å². The smallest absolute Gasteiger partial charge is 0.158 e. The van der Waals surface area contributed by atoms with Crippen molar-refractivity contribution in [3.05, 3.63) is 130 Å². The molecule has 41 heavy (non-hydrogen) atoms. The Kier molecular flexibility index (Phi) is 13.0. The van der Waals surface area contributed by atoms with E-state index in [2.05, 4.69) is 147 Å². The first-order chi connectivity index (χ1) is 19.2. The molecule has 220 valence electrons. The van der Waals surface area contributed by atoms with Crippen molar-refractivity contribution in [1.29, 1.82) is 0 Å². The van der Waals surface area contributed by atoms with Crippen LogP contribution < -0.4 is 0 Å². The standard InChI is InChI=1S/C40H54O/c1-30(18-13-20-32(3)23-25-36-34(5)22-15-28-39(36,7)8)16-11-12-17-31(2)19-14-21-33(4)24-26-37-35(6)38(41)27-29-40(37,9)10/h11-14,16-21,23-26H,15,22,27-29H2,1-10H3/b12-11+,18-13+,19-14+,25-23-,26-24+,30-16+,31-17+,32-20+,33-21+. The van der Waals surface area contributed by atoms with E-state index < -0.39 is 0 Å². The quantitative estimate of drug-likeness (QED) is 0.247. The second kappa shape index (κ2) is 15.7. The van der Waals surface area contributed by atoms with E-state index in [-0.39, 0.29) is 16.6 Å². The van der Waals surface area contributed by atoms with Crippen LogP contribution in [0.25, 0.3) is 0 Å². The van der Waals surface area contributed by atoms with Gasteiger partial charge in [-0.1, -0.05) is 141 Å². The minimum absolute atomic E-state index is 0.0507. The van der Waals surface area contributed by atoms with Crippen molar-refractivity contribution in [2.24, 2.45) is 10.8 Å². The van der Waals surface area contributed by atoms with E-state index in [0.717, 1.165) is 17.6 Å². The molecule has 0 amide bonds. The van der Waals surface area contributed by atoms with Crippen molar-refractivity contribution in [2.75, 3.05) is 0 Å². The maximum absolute atomic E-state index is 12.2. The average molecular weight is 551 g/mol. The topological polar surface area (TPSA) is 17.1 Å². The summed E-state index contributed by atoms with van der Waals surface area (Å²) in [7, 11) is 0. The van der Waals surface area contributed by atoms with Crippen LogP contribution >= 0.6 is 0 Å². The summed E-state index contributed by atoms with van der Waals surface area (Å²) in [6.45, 7) is 21.9. The highest BCUT2D eigenvalue weighted by Gasteiger charge is 2.30. The molecule has 0 heterocycles. The second-order valence-electron chi connectivity index (χ2n) is 13.2.